The van der Waals surface area contributed by atoms with Crippen molar-refractivity contribution >= 4 is 22.9 Å². The summed E-state index contributed by atoms with van der Waals surface area (Å²) in [6.07, 6.45) is 0. The van der Waals surface area contributed by atoms with Crippen LogP contribution in [-0.2, 0) is 6.54 Å². The topological polar surface area (TPSA) is 67.1 Å². The van der Waals surface area contributed by atoms with Gasteiger partial charge in [-0.3, -0.25) is 4.79 Å². The highest BCUT2D eigenvalue weighted by atomic mass is 32.1. The monoisotopic (exact) mass is 349 g/mol. The molecule has 1 heterocycles. The van der Waals surface area contributed by atoms with Crippen LogP contribution in [0.5, 0.6) is 5.75 Å². The summed E-state index contributed by atoms with van der Waals surface area (Å²) in [6.45, 7) is 4.82. The number of aromatic nitrogens is 1. The van der Waals surface area contributed by atoms with E-state index in [9.17, 15) is 9.90 Å². The number of hydrogen-bond acceptors (Lipinski definition) is 5. The molecule has 7 heteroatoms. The zero-order chi connectivity index (χ0) is 17.7. The molecule has 0 unspecified atom stereocenters. The zero-order valence-electron chi connectivity index (χ0n) is 14.4. The lowest BCUT2D eigenvalue weighted by Gasteiger charge is -2.09. The molecule has 2 aromatic rings. The van der Waals surface area contributed by atoms with E-state index in [0.29, 0.717) is 22.8 Å². The SMILES string of the molecule is CCOc1ccc(N=c2sc(C(=O)N(C)C)c(C)n2CCO)cc1. The third-order valence-electron chi connectivity index (χ3n) is 3.45. The van der Waals surface area contributed by atoms with E-state index in [2.05, 4.69) is 4.99 Å². The number of thiazole rings is 1. The molecule has 2 rings (SSSR count). The molecular weight excluding hydrogens is 326 g/mol. The molecule has 0 spiro atoms. The number of amides is 1. The largest absolute Gasteiger partial charge is 0.494 e. The van der Waals surface area contributed by atoms with Crippen molar-refractivity contribution in [2.45, 2.75) is 20.4 Å². The van der Waals surface area contributed by atoms with E-state index in [1.807, 2.05) is 42.7 Å². The van der Waals surface area contributed by atoms with Crippen molar-refractivity contribution < 1.29 is 14.6 Å². The van der Waals surface area contributed by atoms with Gasteiger partial charge in [0.2, 0.25) is 0 Å². The molecule has 0 atom stereocenters. The predicted octanol–water partition coefficient (Wildman–Crippen LogP) is 2.18. The smallest absolute Gasteiger partial charge is 0.265 e. The lowest BCUT2D eigenvalue weighted by Crippen LogP contribution is -2.22. The first kappa shape index (κ1) is 18.2. The Hall–Kier alpha value is -2.12. The molecule has 0 aliphatic rings. The molecule has 130 valence electrons. The Morgan fingerprint density at radius 2 is 2.00 bits per heavy atom. The van der Waals surface area contributed by atoms with Crippen molar-refractivity contribution in [1.29, 1.82) is 0 Å². The van der Waals surface area contributed by atoms with Crippen molar-refractivity contribution in [2.75, 3.05) is 27.3 Å². The van der Waals surface area contributed by atoms with Crippen molar-refractivity contribution in [2.24, 2.45) is 4.99 Å². The average Bonchev–Trinajstić information content (AvgIpc) is 2.86. The van der Waals surface area contributed by atoms with Gasteiger partial charge in [0.25, 0.3) is 5.91 Å². The third-order valence-corrected chi connectivity index (χ3v) is 4.62. The number of benzene rings is 1. The minimum Gasteiger partial charge on any atom is -0.494 e. The first-order chi connectivity index (χ1) is 11.5. The molecule has 24 heavy (non-hydrogen) atoms. The van der Waals surface area contributed by atoms with Gasteiger partial charge < -0.3 is 19.3 Å². The fourth-order valence-electron chi connectivity index (χ4n) is 2.23. The lowest BCUT2D eigenvalue weighted by molar-refractivity contribution is 0.0830. The van der Waals surface area contributed by atoms with Crippen molar-refractivity contribution in [3.8, 4) is 5.75 Å². The quantitative estimate of drug-likeness (QED) is 0.869. The highest BCUT2D eigenvalue weighted by Crippen LogP contribution is 2.19. The molecule has 0 saturated heterocycles. The molecule has 0 fully saturated rings. The van der Waals surface area contributed by atoms with Gasteiger partial charge in [-0.1, -0.05) is 11.3 Å². The zero-order valence-corrected chi connectivity index (χ0v) is 15.3. The van der Waals surface area contributed by atoms with Crippen LogP contribution in [0, 0.1) is 6.92 Å². The second-order valence-corrected chi connectivity index (χ2v) is 6.39. The number of aliphatic hydroxyl groups excluding tert-OH is 1. The minimum absolute atomic E-state index is 0.0103. The van der Waals surface area contributed by atoms with Crippen molar-refractivity contribution in [3.63, 3.8) is 0 Å². The molecule has 1 N–H and O–H groups in total. The van der Waals surface area contributed by atoms with Crippen LogP contribution in [0.25, 0.3) is 0 Å². The highest BCUT2D eigenvalue weighted by Gasteiger charge is 2.18. The van der Waals surface area contributed by atoms with E-state index in [1.165, 1.54) is 11.3 Å². The molecule has 6 nitrogen and oxygen atoms in total. The highest BCUT2D eigenvalue weighted by molar-refractivity contribution is 7.11. The van der Waals surface area contributed by atoms with Gasteiger partial charge in [-0.2, -0.15) is 0 Å². The van der Waals surface area contributed by atoms with E-state index >= 15 is 0 Å². The van der Waals surface area contributed by atoms with E-state index in [0.717, 1.165) is 17.1 Å². The molecular formula is C17H23N3O3S. The second kappa shape index (κ2) is 8.12. The van der Waals surface area contributed by atoms with Crippen LogP contribution in [0.1, 0.15) is 22.3 Å². The van der Waals surface area contributed by atoms with Gasteiger partial charge in [-0.05, 0) is 38.1 Å². The van der Waals surface area contributed by atoms with Crippen LogP contribution in [0.15, 0.2) is 29.3 Å². The second-order valence-electron chi connectivity index (χ2n) is 5.41. The minimum atomic E-state index is -0.0580. The molecule has 1 aromatic heterocycles. The summed E-state index contributed by atoms with van der Waals surface area (Å²) in [5.41, 5.74) is 1.59. The number of aliphatic hydroxyl groups is 1. The summed E-state index contributed by atoms with van der Waals surface area (Å²) in [5.74, 6) is 0.739. The van der Waals surface area contributed by atoms with Gasteiger partial charge in [-0.15, -0.1) is 0 Å². The van der Waals surface area contributed by atoms with Crippen molar-refractivity contribution in [3.05, 3.63) is 39.6 Å². The van der Waals surface area contributed by atoms with Crippen LogP contribution in [0.4, 0.5) is 5.69 Å². The Morgan fingerprint density at radius 3 is 2.54 bits per heavy atom. The lowest BCUT2D eigenvalue weighted by atomic mass is 10.3. The molecule has 0 bridgehead atoms. The van der Waals surface area contributed by atoms with Crippen LogP contribution in [0.2, 0.25) is 0 Å². The fourth-order valence-corrected chi connectivity index (χ4v) is 3.43. The number of nitrogens with zero attached hydrogens (tertiary/aromatic N) is 3. The van der Waals surface area contributed by atoms with Crippen LogP contribution in [-0.4, -0.2) is 47.8 Å². The first-order valence-corrected chi connectivity index (χ1v) is 8.60. The molecule has 1 amide bonds. The Morgan fingerprint density at radius 1 is 1.33 bits per heavy atom. The fraction of sp³-hybridized carbons (Fsp3) is 0.412. The van der Waals surface area contributed by atoms with Crippen LogP contribution < -0.4 is 9.54 Å². The Labute approximate surface area is 145 Å². The Bertz CT molecular complexity index is 760. The van der Waals surface area contributed by atoms with Crippen LogP contribution in [0.3, 0.4) is 0 Å². The number of rotatable bonds is 6. The summed E-state index contributed by atoms with van der Waals surface area (Å²) in [5, 5.41) is 9.32. The Balaban J connectivity index is 2.47. The van der Waals surface area contributed by atoms with Gasteiger partial charge in [0.05, 0.1) is 18.9 Å². The molecule has 0 aliphatic carbocycles. The number of carbonyl (C=O) groups excluding carboxylic acids is 1. The average molecular weight is 349 g/mol. The standard InChI is InChI=1S/C17H23N3O3S/c1-5-23-14-8-6-13(7-9-14)18-17-20(10-11-21)12(2)15(24-17)16(22)19(3)4/h6-9,21H,5,10-11H2,1-4H3. The molecule has 1 aromatic carbocycles. The van der Waals surface area contributed by atoms with Gasteiger partial charge >= 0.3 is 0 Å². The van der Waals surface area contributed by atoms with Crippen LogP contribution >= 0.6 is 11.3 Å². The number of ether oxygens (including phenoxy) is 1. The number of hydrogen-bond donors (Lipinski definition) is 1. The van der Waals surface area contributed by atoms with Gasteiger partial charge in [0.15, 0.2) is 4.80 Å². The van der Waals surface area contributed by atoms with Gasteiger partial charge in [-0.25, -0.2) is 4.99 Å². The van der Waals surface area contributed by atoms with Gasteiger partial charge in [0, 0.05) is 26.3 Å². The molecule has 0 radical (unpaired) electrons. The maximum absolute atomic E-state index is 12.3. The summed E-state index contributed by atoms with van der Waals surface area (Å²) in [4.78, 5) is 19.8. The Kier molecular flexibility index (Phi) is 6.16. The maximum atomic E-state index is 12.3. The predicted molar refractivity (Wildman–Crippen MR) is 95.0 cm³/mol. The number of carbonyl (C=O) groups is 1. The third kappa shape index (κ3) is 4.04. The summed E-state index contributed by atoms with van der Waals surface area (Å²) < 4.78 is 7.30. The van der Waals surface area contributed by atoms with E-state index in [4.69, 9.17) is 4.74 Å². The van der Waals surface area contributed by atoms with E-state index in [-0.39, 0.29) is 12.5 Å². The van der Waals surface area contributed by atoms with Crippen molar-refractivity contribution in [1.82, 2.24) is 9.47 Å². The van der Waals surface area contributed by atoms with E-state index < -0.39 is 0 Å². The maximum Gasteiger partial charge on any atom is 0.265 e. The summed E-state index contributed by atoms with van der Waals surface area (Å²) in [6, 6.07) is 7.48. The summed E-state index contributed by atoms with van der Waals surface area (Å²) in [7, 11) is 3.45. The van der Waals surface area contributed by atoms with Gasteiger partial charge in [0.1, 0.15) is 10.6 Å². The molecule has 0 saturated carbocycles. The molecule has 0 aliphatic heterocycles. The first-order valence-electron chi connectivity index (χ1n) is 7.78. The van der Waals surface area contributed by atoms with E-state index in [1.54, 1.807) is 19.0 Å². The normalized spacial score (nSPS) is 11.6. The summed E-state index contributed by atoms with van der Waals surface area (Å²) >= 11 is 1.33.